The smallest absolute Gasteiger partial charge is 0.256 e. The molecule has 0 aliphatic heterocycles. The van der Waals surface area contributed by atoms with Crippen molar-refractivity contribution in [2.75, 3.05) is 25.5 Å². The summed E-state index contributed by atoms with van der Waals surface area (Å²) in [5.74, 6) is 0.696. The van der Waals surface area contributed by atoms with Crippen LogP contribution in [0.2, 0.25) is 5.02 Å². The number of nitrogens with one attached hydrogen (secondary N) is 1. The van der Waals surface area contributed by atoms with Crippen LogP contribution in [0, 0.1) is 0 Å². The lowest BCUT2D eigenvalue weighted by Crippen LogP contribution is -2.34. The van der Waals surface area contributed by atoms with Gasteiger partial charge in [-0.3, -0.25) is 4.79 Å². The zero-order valence-electron chi connectivity index (χ0n) is 19.2. The molecule has 0 aliphatic rings. The molecular weight excluding hydrogens is 420 g/mol. The number of ether oxygens (including phenoxy) is 1. The second-order valence-corrected chi connectivity index (χ2v) is 9.21. The van der Waals surface area contributed by atoms with E-state index in [2.05, 4.69) is 50.4 Å². The van der Waals surface area contributed by atoms with Crippen LogP contribution in [0.3, 0.4) is 0 Å². The molecule has 3 aromatic rings. The number of benzene rings is 3. The van der Waals surface area contributed by atoms with E-state index >= 15 is 0 Å². The van der Waals surface area contributed by atoms with E-state index in [4.69, 9.17) is 16.3 Å². The molecule has 168 valence electrons. The standard InChI is InChI=1S/C27H31ClN2O2/c1-27(2,3)21-12-10-20(11-13-21)19-30(16-17-32-23-8-6-5-7-9-23)26(31)24-18-22(28)14-15-25(24)29-4/h5-15,18,29H,16-17,19H2,1-4H3. The molecule has 5 heteroatoms. The Bertz CT molecular complexity index is 1030. The van der Waals surface area contributed by atoms with Gasteiger partial charge in [-0.25, -0.2) is 0 Å². The van der Waals surface area contributed by atoms with Crippen LogP contribution in [0.1, 0.15) is 42.3 Å². The van der Waals surface area contributed by atoms with Gasteiger partial charge in [0.1, 0.15) is 12.4 Å². The molecule has 0 saturated heterocycles. The molecule has 0 aliphatic carbocycles. The van der Waals surface area contributed by atoms with Gasteiger partial charge in [-0.15, -0.1) is 0 Å². The van der Waals surface area contributed by atoms with Crippen LogP contribution in [0.5, 0.6) is 5.75 Å². The highest BCUT2D eigenvalue weighted by molar-refractivity contribution is 6.31. The van der Waals surface area contributed by atoms with E-state index in [1.54, 1.807) is 19.2 Å². The number of nitrogens with zero attached hydrogens (tertiary/aromatic N) is 1. The first-order chi connectivity index (χ1) is 15.3. The highest BCUT2D eigenvalue weighted by Crippen LogP contribution is 2.25. The molecule has 3 aromatic carbocycles. The summed E-state index contributed by atoms with van der Waals surface area (Å²) in [6.45, 7) is 7.90. The van der Waals surface area contributed by atoms with E-state index in [1.807, 2.05) is 41.3 Å². The molecule has 32 heavy (non-hydrogen) atoms. The van der Waals surface area contributed by atoms with Gasteiger partial charge in [0, 0.05) is 24.3 Å². The van der Waals surface area contributed by atoms with Crippen molar-refractivity contribution < 1.29 is 9.53 Å². The zero-order chi connectivity index (χ0) is 23.1. The minimum absolute atomic E-state index is 0.0834. The minimum atomic E-state index is -0.0894. The van der Waals surface area contributed by atoms with Crippen molar-refractivity contribution in [2.24, 2.45) is 0 Å². The first-order valence-electron chi connectivity index (χ1n) is 10.8. The lowest BCUT2D eigenvalue weighted by molar-refractivity contribution is 0.0717. The fourth-order valence-electron chi connectivity index (χ4n) is 3.46. The third-order valence-corrected chi connectivity index (χ3v) is 5.57. The largest absolute Gasteiger partial charge is 0.492 e. The van der Waals surface area contributed by atoms with Crippen LogP contribution in [-0.2, 0) is 12.0 Å². The third kappa shape index (κ3) is 6.27. The van der Waals surface area contributed by atoms with Crippen molar-refractivity contribution in [1.82, 2.24) is 4.90 Å². The summed E-state index contributed by atoms with van der Waals surface area (Å²) in [4.78, 5) is 15.3. The number of hydrogen-bond donors (Lipinski definition) is 1. The number of rotatable bonds is 8. The SMILES string of the molecule is CNc1ccc(Cl)cc1C(=O)N(CCOc1ccccc1)Cc1ccc(C(C)(C)C)cc1. The van der Waals surface area contributed by atoms with Crippen molar-refractivity contribution in [1.29, 1.82) is 0 Å². The molecule has 1 amide bonds. The Morgan fingerprint density at radius 2 is 1.69 bits per heavy atom. The van der Waals surface area contributed by atoms with E-state index in [9.17, 15) is 4.79 Å². The van der Waals surface area contributed by atoms with Crippen LogP contribution in [-0.4, -0.2) is 31.0 Å². The average molecular weight is 451 g/mol. The maximum absolute atomic E-state index is 13.5. The van der Waals surface area contributed by atoms with Crippen molar-refractivity contribution in [3.05, 3.63) is 94.5 Å². The fourth-order valence-corrected chi connectivity index (χ4v) is 3.63. The summed E-state index contributed by atoms with van der Waals surface area (Å²) in [6.07, 6.45) is 0. The maximum atomic E-state index is 13.5. The van der Waals surface area contributed by atoms with Crippen LogP contribution in [0.15, 0.2) is 72.8 Å². The summed E-state index contributed by atoms with van der Waals surface area (Å²) in [5, 5.41) is 3.62. The lowest BCUT2D eigenvalue weighted by atomic mass is 9.87. The predicted octanol–water partition coefficient (Wildman–Crippen LogP) is 6.40. The van der Waals surface area contributed by atoms with Gasteiger partial charge >= 0.3 is 0 Å². The number of halogens is 1. The number of hydrogen-bond acceptors (Lipinski definition) is 3. The van der Waals surface area contributed by atoms with Gasteiger partial charge in [-0.2, -0.15) is 0 Å². The Morgan fingerprint density at radius 3 is 2.31 bits per heavy atom. The lowest BCUT2D eigenvalue weighted by Gasteiger charge is -2.25. The first kappa shape index (κ1) is 23.7. The fraction of sp³-hybridized carbons (Fsp3) is 0.296. The topological polar surface area (TPSA) is 41.6 Å². The second kappa shape index (κ2) is 10.6. The number of anilines is 1. The molecule has 0 aromatic heterocycles. The van der Waals surface area contributed by atoms with Gasteiger partial charge in [-0.1, -0.05) is 74.8 Å². The molecule has 0 atom stereocenters. The molecule has 1 N–H and O–H groups in total. The monoisotopic (exact) mass is 450 g/mol. The molecule has 0 heterocycles. The van der Waals surface area contributed by atoms with E-state index < -0.39 is 0 Å². The van der Waals surface area contributed by atoms with Crippen molar-refractivity contribution in [3.63, 3.8) is 0 Å². The molecule has 0 spiro atoms. The molecule has 0 radical (unpaired) electrons. The van der Waals surface area contributed by atoms with Crippen LogP contribution < -0.4 is 10.1 Å². The van der Waals surface area contributed by atoms with Gasteiger partial charge in [-0.05, 0) is 46.9 Å². The minimum Gasteiger partial charge on any atom is -0.492 e. The molecule has 0 saturated carbocycles. The summed E-state index contributed by atoms with van der Waals surface area (Å²) >= 11 is 6.20. The molecule has 4 nitrogen and oxygen atoms in total. The molecule has 0 bridgehead atoms. The van der Waals surface area contributed by atoms with Crippen molar-refractivity contribution in [2.45, 2.75) is 32.7 Å². The number of carbonyl (C=O) groups excluding carboxylic acids is 1. The van der Waals surface area contributed by atoms with Gasteiger partial charge < -0.3 is 15.0 Å². The highest BCUT2D eigenvalue weighted by Gasteiger charge is 2.20. The van der Waals surface area contributed by atoms with Crippen molar-refractivity contribution in [3.8, 4) is 5.75 Å². The third-order valence-electron chi connectivity index (χ3n) is 5.34. The zero-order valence-corrected chi connectivity index (χ0v) is 19.9. The molecule has 0 fully saturated rings. The van der Waals surface area contributed by atoms with E-state index in [-0.39, 0.29) is 11.3 Å². The highest BCUT2D eigenvalue weighted by atomic mass is 35.5. The summed E-state index contributed by atoms with van der Waals surface area (Å²) < 4.78 is 5.87. The second-order valence-electron chi connectivity index (χ2n) is 8.78. The van der Waals surface area contributed by atoms with Gasteiger partial charge in [0.15, 0.2) is 0 Å². The van der Waals surface area contributed by atoms with Crippen LogP contribution >= 0.6 is 11.6 Å². The van der Waals surface area contributed by atoms with Crippen molar-refractivity contribution >= 4 is 23.2 Å². The Kier molecular flexibility index (Phi) is 7.81. The Morgan fingerprint density at radius 1 is 1.00 bits per heavy atom. The Labute approximate surface area is 196 Å². The quantitative estimate of drug-likeness (QED) is 0.431. The summed E-state index contributed by atoms with van der Waals surface area (Å²) in [5.41, 5.74) is 3.71. The predicted molar refractivity (Wildman–Crippen MR) is 133 cm³/mol. The average Bonchev–Trinajstić information content (AvgIpc) is 2.78. The van der Waals surface area contributed by atoms with Gasteiger partial charge in [0.2, 0.25) is 0 Å². The van der Waals surface area contributed by atoms with Gasteiger partial charge in [0.05, 0.1) is 12.1 Å². The number of carbonyl (C=O) groups is 1. The summed E-state index contributed by atoms with van der Waals surface area (Å²) in [7, 11) is 1.80. The molecule has 0 unspecified atom stereocenters. The summed E-state index contributed by atoms with van der Waals surface area (Å²) in [6, 6.07) is 23.4. The normalized spacial score (nSPS) is 11.2. The maximum Gasteiger partial charge on any atom is 0.256 e. The van der Waals surface area contributed by atoms with Gasteiger partial charge in [0.25, 0.3) is 5.91 Å². The molecular formula is C27H31ClN2O2. The Balaban J connectivity index is 1.82. The Hall–Kier alpha value is -2.98. The van der Waals surface area contributed by atoms with E-state index in [0.29, 0.717) is 30.3 Å². The van der Waals surface area contributed by atoms with Crippen LogP contribution in [0.25, 0.3) is 0 Å². The molecule has 3 rings (SSSR count). The van der Waals surface area contributed by atoms with E-state index in [1.165, 1.54) is 5.56 Å². The van der Waals surface area contributed by atoms with E-state index in [0.717, 1.165) is 17.0 Å². The van der Waals surface area contributed by atoms with Crippen LogP contribution in [0.4, 0.5) is 5.69 Å². The number of para-hydroxylation sites is 1. The number of amides is 1. The first-order valence-corrected chi connectivity index (χ1v) is 11.2.